The summed E-state index contributed by atoms with van der Waals surface area (Å²) in [5.74, 6) is -0.563. The number of ether oxygens (including phenoxy) is 1. The van der Waals surface area contributed by atoms with Gasteiger partial charge >= 0.3 is 5.97 Å². The van der Waals surface area contributed by atoms with Crippen molar-refractivity contribution < 1.29 is 24.5 Å². The highest BCUT2D eigenvalue weighted by Gasteiger charge is 2.24. The summed E-state index contributed by atoms with van der Waals surface area (Å²) in [6.45, 7) is 6.19. The molecule has 0 aliphatic rings. The van der Waals surface area contributed by atoms with Gasteiger partial charge in [-0.15, -0.1) is 0 Å². The molecule has 0 heterocycles. The average molecular weight is 834 g/mol. The normalized spacial score (nSPS) is 14.2. The lowest BCUT2D eigenvalue weighted by molar-refractivity contribution is -0.151. The first-order valence-corrected chi connectivity index (χ1v) is 24.5. The summed E-state index contributed by atoms with van der Waals surface area (Å²) in [5, 5.41) is 23.7. The molecule has 0 aromatic heterocycles. The third kappa shape index (κ3) is 41.5. The van der Waals surface area contributed by atoms with E-state index in [0.717, 1.165) is 109 Å². The minimum Gasteiger partial charge on any atom is -0.462 e. The topological polar surface area (TPSA) is 95.9 Å². The molecule has 6 heteroatoms. The van der Waals surface area contributed by atoms with Gasteiger partial charge in [-0.1, -0.05) is 208 Å². The fourth-order valence-electron chi connectivity index (χ4n) is 6.81. The predicted molar refractivity (Wildman–Crippen MR) is 259 cm³/mol. The van der Waals surface area contributed by atoms with Crippen LogP contribution in [0.1, 0.15) is 207 Å². The Morgan fingerprint density at radius 2 is 1.00 bits per heavy atom. The number of esters is 1. The van der Waals surface area contributed by atoms with Crippen LogP contribution in [0, 0.1) is 0 Å². The first kappa shape index (κ1) is 56.8. The highest BCUT2D eigenvalue weighted by Crippen LogP contribution is 2.16. The Morgan fingerprint density at radius 1 is 0.517 bits per heavy atom. The van der Waals surface area contributed by atoms with E-state index in [-0.39, 0.29) is 24.9 Å². The van der Waals surface area contributed by atoms with Gasteiger partial charge in [0, 0.05) is 6.42 Å². The van der Waals surface area contributed by atoms with Crippen molar-refractivity contribution in [2.75, 3.05) is 6.61 Å². The van der Waals surface area contributed by atoms with Crippen molar-refractivity contribution in [3.8, 4) is 0 Å². The third-order valence-corrected chi connectivity index (χ3v) is 10.5. The quantitative estimate of drug-likeness (QED) is 0.0246. The Balaban J connectivity index is 4.77. The zero-order valence-electron chi connectivity index (χ0n) is 38.8. The number of aliphatic hydroxyl groups is 2. The number of allylic oxidation sites excluding steroid dienone is 16. The Kier molecular flexibility index (Phi) is 44.3. The second-order valence-electron chi connectivity index (χ2n) is 16.2. The molecule has 6 nitrogen and oxygen atoms in total. The van der Waals surface area contributed by atoms with Crippen LogP contribution in [0.5, 0.6) is 0 Å². The standard InChI is InChI=1S/C54H91NO5/c1-4-7-10-13-16-19-22-24-25-26-27-29-31-33-36-39-42-45-50(60-54(59)47-44-41-38-35-32-28-23-20-17-14-11-8-5-2)48-53(58)55-51(49-56)52(57)46-43-40-37-34-30-21-18-15-12-9-6-3/h7-8,10-11,14,16-17,19-20,23-25,27,29,33,36,50-52,56-57H,4-6,9,12-13,15,18,21-22,26,28,30-32,34-35,37-49H2,1-3H3,(H,55,58)/b10-7-,11-8+,17-14+,19-16-,23-20-,25-24-,29-27-,36-33-. The molecular weight excluding hydrogens is 743 g/mol. The lowest BCUT2D eigenvalue weighted by Gasteiger charge is -2.24. The van der Waals surface area contributed by atoms with Crippen LogP contribution >= 0.6 is 0 Å². The maximum Gasteiger partial charge on any atom is 0.306 e. The van der Waals surface area contributed by atoms with Crippen LogP contribution in [0.2, 0.25) is 0 Å². The molecule has 0 fully saturated rings. The molecular formula is C54H91NO5. The predicted octanol–water partition coefficient (Wildman–Crippen LogP) is 14.6. The summed E-state index contributed by atoms with van der Waals surface area (Å²) < 4.78 is 5.88. The van der Waals surface area contributed by atoms with Crippen LogP contribution in [0.15, 0.2) is 97.2 Å². The maximum absolute atomic E-state index is 13.2. The van der Waals surface area contributed by atoms with E-state index < -0.39 is 18.2 Å². The van der Waals surface area contributed by atoms with Crippen molar-refractivity contribution in [3.05, 3.63) is 97.2 Å². The molecule has 342 valence electrons. The molecule has 3 atom stereocenters. The zero-order chi connectivity index (χ0) is 43.8. The largest absolute Gasteiger partial charge is 0.462 e. The zero-order valence-corrected chi connectivity index (χ0v) is 38.8. The molecule has 3 N–H and O–H groups in total. The van der Waals surface area contributed by atoms with Gasteiger partial charge in [0.15, 0.2) is 0 Å². The van der Waals surface area contributed by atoms with Gasteiger partial charge in [0.2, 0.25) is 5.91 Å². The number of hydrogen-bond acceptors (Lipinski definition) is 5. The van der Waals surface area contributed by atoms with Gasteiger partial charge < -0.3 is 20.3 Å². The van der Waals surface area contributed by atoms with Crippen molar-refractivity contribution in [1.82, 2.24) is 5.32 Å². The number of carbonyl (C=O) groups excluding carboxylic acids is 2. The van der Waals surface area contributed by atoms with Crippen molar-refractivity contribution in [1.29, 1.82) is 0 Å². The third-order valence-electron chi connectivity index (χ3n) is 10.5. The average Bonchev–Trinajstić information content (AvgIpc) is 3.24. The van der Waals surface area contributed by atoms with Crippen molar-refractivity contribution in [2.24, 2.45) is 0 Å². The van der Waals surface area contributed by atoms with Crippen LogP contribution in [-0.4, -0.2) is 46.9 Å². The number of hydrogen-bond donors (Lipinski definition) is 3. The highest BCUT2D eigenvalue weighted by atomic mass is 16.5. The van der Waals surface area contributed by atoms with Gasteiger partial charge in [0.25, 0.3) is 0 Å². The second-order valence-corrected chi connectivity index (χ2v) is 16.2. The van der Waals surface area contributed by atoms with Crippen molar-refractivity contribution in [3.63, 3.8) is 0 Å². The second kappa shape index (κ2) is 46.8. The smallest absolute Gasteiger partial charge is 0.306 e. The molecule has 0 aromatic carbocycles. The summed E-state index contributed by atoms with van der Waals surface area (Å²) >= 11 is 0. The number of unbranched alkanes of at least 4 members (excludes halogenated alkanes) is 16. The van der Waals surface area contributed by atoms with E-state index in [4.69, 9.17) is 4.74 Å². The first-order valence-electron chi connectivity index (χ1n) is 24.5. The molecule has 1 amide bonds. The van der Waals surface area contributed by atoms with E-state index in [1.807, 2.05) is 0 Å². The Labute approximate surface area is 369 Å². The van der Waals surface area contributed by atoms with Gasteiger partial charge in [-0.3, -0.25) is 9.59 Å². The highest BCUT2D eigenvalue weighted by molar-refractivity contribution is 5.77. The molecule has 0 aliphatic heterocycles. The minimum absolute atomic E-state index is 0.0245. The van der Waals surface area contributed by atoms with Crippen molar-refractivity contribution >= 4 is 11.9 Å². The summed E-state index contributed by atoms with van der Waals surface area (Å²) in [6.07, 6.45) is 61.8. The van der Waals surface area contributed by atoms with Crippen LogP contribution in [0.3, 0.4) is 0 Å². The number of carbonyl (C=O) groups is 2. The molecule has 3 unspecified atom stereocenters. The van der Waals surface area contributed by atoms with Gasteiger partial charge in [0.1, 0.15) is 6.10 Å². The van der Waals surface area contributed by atoms with Gasteiger partial charge in [-0.25, -0.2) is 0 Å². The fourth-order valence-corrected chi connectivity index (χ4v) is 6.81. The Morgan fingerprint density at radius 3 is 1.57 bits per heavy atom. The number of nitrogens with one attached hydrogen (secondary N) is 1. The number of rotatable bonds is 42. The molecule has 0 rings (SSSR count). The van der Waals surface area contributed by atoms with Crippen LogP contribution in [0.25, 0.3) is 0 Å². The van der Waals surface area contributed by atoms with E-state index in [2.05, 4.69) is 123 Å². The Hall–Kier alpha value is -3.22. The molecule has 0 saturated heterocycles. The molecule has 0 spiro atoms. The van der Waals surface area contributed by atoms with E-state index >= 15 is 0 Å². The SMILES string of the molecule is CC/C=C\C/C=C\C/C=C\C/C=C\C/C=C\CCCC(CC(=O)NC(CO)C(O)CCCCCCCCCCCCC)OC(=O)CCCCCCC\C=C/C=C/C=C/CC. The Bertz CT molecular complexity index is 1210. The van der Waals surface area contributed by atoms with Gasteiger partial charge in [-0.2, -0.15) is 0 Å². The fraction of sp³-hybridized carbons (Fsp3) is 0.667. The van der Waals surface area contributed by atoms with Crippen LogP contribution in [0.4, 0.5) is 0 Å². The van der Waals surface area contributed by atoms with E-state index in [1.165, 1.54) is 51.4 Å². The summed E-state index contributed by atoms with van der Waals surface area (Å²) in [6, 6.07) is -0.729. The van der Waals surface area contributed by atoms with E-state index in [0.29, 0.717) is 19.3 Å². The summed E-state index contributed by atoms with van der Waals surface area (Å²) in [5.41, 5.74) is 0. The summed E-state index contributed by atoms with van der Waals surface area (Å²) in [7, 11) is 0. The molecule has 0 aliphatic carbocycles. The molecule has 0 saturated carbocycles. The van der Waals surface area contributed by atoms with Crippen LogP contribution in [-0.2, 0) is 14.3 Å². The van der Waals surface area contributed by atoms with E-state index in [1.54, 1.807) is 0 Å². The minimum atomic E-state index is -0.810. The number of aliphatic hydroxyl groups excluding tert-OH is 2. The lowest BCUT2D eigenvalue weighted by atomic mass is 10.0. The molecule has 0 aromatic rings. The first-order chi connectivity index (χ1) is 29.5. The maximum atomic E-state index is 13.2. The number of amides is 1. The van der Waals surface area contributed by atoms with Crippen LogP contribution < -0.4 is 5.32 Å². The monoisotopic (exact) mass is 834 g/mol. The van der Waals surface area contributed by atoms with Gasteiger partial charge in [-0.05, 0) is 83.5 Å². The molecule has 60 heavy (non-hydrogen) atoms. The summed E-state index contributed by atoms with van der Waals surface area (Å²) in [4.78, 5) is 26.1. The van der Waals surface area contributed by atoms with E-state index in [9.17, 15) is 19.8 Å². The molecule has 0 bridgehead atoms. The lowest BCUT2D eigenvalue weighted by Crippen LogP contribution is -2.46. The van der Waals surface area contributed by atoms with Gasteiger partial charge in [0.05, 0.1) is 25.2 Å². The molecule has 0 radical (unpaired) electrons. The van der Waals surface area contributed by atoms with Crippen molar-refractivity contribution in [2.45, 2.75) is 225 Å².